The Kier molecular flexibility index (Phi) is 3.42. The highest BCUT2D eigenvalue weighted by molar-refractivity contribution is 5.82. The van der Waals surface area contributed by atoms with Gasteiger partial charge in [-0.2, -0.15) is 0 Å². The number of hydrogen-bond acceptors (Lipinski definition) is 3. The second-order valence-corrected chi connectivity index (χ2v) is 7.06. The Balaban J connectivity index is 1.75. The van der Waals surface area contributed by atoms with Crippen LogP contribution < -0.4 is 9.64 Å². The molecule has 3 nitrogen and oxygen atoms in total. The highest BCUT2D eigenvalue weighted by atomic mass is 16.5. The summed E-state index contributed by atoms with van der Waals surface area (Å²) in [7, 11) is 1.71. The van der Waals surface area contributed by atoms with E-state index >= 15 is 0 Å². The molecule has 3 aromatic rings. The van der Waals surface area contributed by atoms with Gasteiger partial charge >= 0.3 is 0 Å². The second kappa shape index (κ2) is 5.80. The van der Waals surface area contributed by atoms with Crippen molar-refractivity contribution in [3.63, 3.8) is 0 Å². The average molecular weight is 343 g/mol. The van der Waals surface area contributed by atoms with Gasteiger partial charge in [0, 0.05) is 17.8 Å². The minimum atomic E-state index is 0.288. The van der Waals surface area contributed by atoms with E-state index in [9.17, 15) is 5.11 Å². The molecule has 1 aliphatic carbocycles. The first-order chi connectivity index (χ1) is 12.8. The van der Waals surface area contributed by atoms with Crippen LogP contribution in [0.4, 0.5) is 5.69 Å². The number of nitrogens with zero attached hydrogens (tertiary/aromatic N) is 1. The standard InChI is InChI=1S/C23H21NO2/c1-26-18-12-16-10-11-24(17-7-3-2-4-8-17)20-13-15-6-5-9-21(25)23(15)19(14-18)22(16)20/h2-9,12,14,20,25H,10-11,13H2,1H3/t20-/m1/s1. The lowest BCUT2D eigenvalue weighted by Gasteiger charge is -2.43. The predicted molar refractivity (Wildman–Crippen MR) is 104 cm³/mol. The molecule has 0 fully saturated rings. The van der Waals surface area contributed by atoms with Gasteiger partial charge in [-0.05, 0) is 65.4 Å². The first-order valence-corrected chi connectivity index (χ1v) is 9.10. The van der Waals surface area contributed by atoms with Gasteiger partial charge in [-0.15, -0.1) is 0 Å². The lowest BCUT2D eigenvalue weighted by Crippen LogP contribution is -2.38. The molecule has 3 aromatic carbocycles. The Morgan fingerprint density at radius 3 is 2.65 bits per heavy atom. The number of para-hydroxylation sites is 1. The minimum absolute atomic E-state index is 0.288. The predicted octanol–water partition coefficient (Wildman–Crippen LogP) is 4.73. The topological polar surface area (TPSA) is 32.7 Å². The van der Waals surface area contributed by atoms with E-state index in [0.29, 0.717) is 5.75 Å². The van der Waals surface area contributed by atoms with Crippen LogP contribution in [-0.4, -0.2) is 18.8 Å². The fourth-order valence-electron chi connectivity index (χ4n) is 4.58. The largest absolute Gasteiger partial charge is 0.507 e. The Labute approximate surface area is 153 Å². The van der Waals surface area contributed by atoms with Crippen LogP contribution in [0.15, 0.2) is 60.7 Å². The first-order valence-electron chi connectivity index (χ1n) is 9.10. The van der Waals surface area contributed by atoms with Gasteiger partial charge in [-0.1, -0.05) is 30.3 Å². The van der Waals surface area contributed by atoms with Gasteiger partial charge in [-0.25, -0.2) is 0 Å². The van der Waals surface area contributed by atoms with Crippen LogP contribution in [0, 0.1) is 0 Å². The third kappa shape index (κ3) is 2.20. The van der Waals surface area contributed by atoms with Crippen LogP contribution in [-0.2, 0) is 12.8 Å². The SMILES string of the molecule is COc1cc2c3c(c1)-c1c(O)cccc1C[C@H]3N(c1ccccc1)CC2. The van der Waals surface area contributed by atoms with Crippen LogP contribution in [0.2, 0.25) is 0 Å². The number of aromatic hydroxyl groups is 1. The molecule has 0 aromatic heterocycles. The normalized spacial score (nSPS) is 17.4. The summed E-state index contributed by atoms with van der Waals surface area (Å²) in [6, 6.07) is 21.0. The fraction of sp³-hybridized carbons (Fsp3) is 0.217. The van der Waals surface area contributed by atoms with Crippen molar-refractivity contribution in [1.29, 1.82) is 0 Å². The van der Waals surface area contributed by atoms with Gasteiger partial charge in [0.2, 0.25) is 0 Å². The zero-order valence-corrected chi connectivity index (χ0v) is 14.8. The quantitative estimate of drug-likeness (QED) is 0.730. The van der Waals surface area contributed by atoms with Crippen molar-refractivity contribution in [2.75, 3.05) is 18.6 Å². The molecule has 0 unspecified atom stereocenters. The van der Waals surface area contributed by atoms with Crippen LogP contribution in [0.5, 0.6) is 11.5 Å². The Morgan fingerprint density at radius 1 is 1.00 bits per heavy atom. The highest BCUT2D eigenvalue weighted by Crippen LogP contribution is 2.50. The smallest absolute Gasteiger partial charge is 0.123 e. The van der Waals surface area contributed by atoms with Gasteiger partial charge in [-0.3, -0.25) is 0 Å². The number of rotatable bonds is 2. The molecule has 1 atom stereocenters. The number of ether oxygens (including phenoxy) is 1. The lowest BCUT2D eigenvalue weighted by atomic mass is 9.76. The molecule has 0 saturated heterocycles. The number of benzene rings is 3. The van der Waals surface area contributed by atoms with Gasteiger partial charge in [0.05, 0.1) is 13.2 Å². The van der Waals surface area contributed by atoms with Crippen molar-refractivity contribution in [3.05, 3.63) is 77.4 Å². The Hall–Kier alpha value is -2.94. The van der Waals surface area contributed by atoms with Crippen molar-refractivity contribution < 1.29 is 9.84 Å². The minimum Gasteiger partial charge on any atom is -0.507 e. The zero-order valence-electron chi connectivity index (χ0n) is 14.8. The first kappa shape index (κ1) is 15.3. The zero-order chi connectivity index (χ0) is 17.7. The van der Waals surface area contributed by atoms with E-state index < -0.39 is 0 Å². The van der Waals surface area contributed by atoms with Crippen LogP contribution >= 0.6 is 0 Å². The number of methoxy groups -OCH3 is 1. The maximum Gasteiger partial charge on any atom is 0.123 e. The summed E-state index contributed by atoms with van der Waals surface area (Å²) < 4.78 is 5.55. The molecule has 1 heterocycles. The molecular weight excluding hydrogens is 322 g/mol. The van der Waals surface area contributed by atoms with E-state index in [1.807, 2.05) is 6.07 Å². The molecule has 5 rings (SSSR count). The number of fused-ring (bicyclic) bond motifs is 2. The molecule has 0 saturated carbocycles. The molecule has 1 aliphatic heterocycles. The van der Waals surface area contributed by atoms with Crippen molar-refractivity contribution in [2.45, 2.75) is 18.9 Å². The number of anilines is 1. The molecule has 0 spiro atoms. The summed E-state index contributed by atoms with van der Waals surface area (Å²) in [6.07, 6.45) is 1.89. The third-order valence-corrected chi connectivity index (χ3v) is 5.71. The number of phenols is 1. The second-order valence-electron chi connectivity index (χ2n) is 7.06. The van der Waals surface area contributed by atoms with E-state index in [1.165, 1.54) is 22.4 Å². The molecule has 0 bridgehead atoms. The van der Waals surface area contributed by atoms with Crippen molar-refractivity contribution in [1.82, 2.24) is 0 Å². The molecule has 1 N–H and O–H groups in total. The summed E-state index contributed by atoms with van der Waals surface area (Å²) in [5.74, 6) is 1.22. The lowest BCUT2D eigenvalue weighted by molar-refractivity contribution is 0.413. The van der Waals surface area contributed by atoms with Gasteiger partial charge in [0.1, 0.15) is 11.5 Å². The van der Waals surface area contributed by atoms with Gasteiger partial charge in [0.15, 0.2) is 0 Å². The van der Waals surface area contributed by atoms with Crippen molar-refractivity contribution in [2.24, 2.45) is 0 Å². The van der Waals surface area contributed by atoms with E-state index in [2.05, 4.69) is 53.4 Å². The average Bonchev–Trinajstić information content (AvgIpc) is 2.68. The number of hydrogen-bond donors (Lipinski definition) is 1. The Morgan fingerprint density at radius 2 is 1.85 bits per heavy atom. The molecule has 3 heteroatoms. The highest BCUT2D eigenvalue weighted by Gasteiger charge is 2.36. The summed E-state index contributed by atoms with van der Waals surface area (Å²) >= 11 is 0. The summed E-state index contributed by atoms with van der Waals surface area (Å²) in [6.45, 7) is 0.989. The molecule has 26 heavy (non-hydrogen) atoms. The summed E-state index contributed by atoms with van der Waals surface area (Å²) in [4.78, 5) is 2.51. The maximum atomic E-state index is 10.6. The van der Waals surface area contributed by atoms with Crippen LogP contribution in [0.25, 0.3) is 11.1 Å². The monoisotopic (exact) mass is 343 g/mol. The molecule has 0 amide bonds. The van der Waals surface area contributed by atoms with E-state index in [-0.39, 0.29) is 6.04 Å². The maximum absolute atomic E-state index is 10.6. The van der Waals surface area contributed by atoms with Crippen LogP contribution in [0.1, 0.15) is 22.7 Å². The molecule has 2 aliphatic rings. The van der Waals surface area contributed by atoms with Crippen LogP contribution in [0.3, 0.4) is 0 Å². The fourth-order valence-corrected chi connectivity index (χ4v) is 4.58. The summed E-state index contributed by atoms with van der Waals surface area (Å²) in [5.41, 5.74) is 7.22. The van der Waals surface area contributed by atoms with Gasteiger partial charge < -0.3 is 14.7 Å². The Bertz CT molecular complexity index is 981. The van der Waals surface area contributed by atoms with E-state index in [0.717, 1.165) is 36.3 Å². The molecule has 0 radical (unpaired) electrons. The summed E-state index contributed by atoms with van der Waals surface area (Å²) in [5, 5.41) is 10.6. The number of phenolic OH excluding ortho intramolecular Hbond substituents is 1. The van der Waals surface area contributed by atoms with E-state index in [4.69, 9.17) is 4.74 Å². The third-order valence-electron chi connectivity index (χ3n) is 5.71. The van der Waals surface area contributed by atoms with E-state index in [1.54, 1.807) is 13.2 Å². The van der Waals surface area contributed by atoms with Gasteiger partial charge in [0.25, 0.3) is 0 Å². The van der Waals surface area contributed by atoms with Crippen molar-refractivity contribution >= 4 is 5.69 Å². The molecular formula is C23H21NO2. The molecule has 130 valence electrons. The van der Waals surface area contributed by atoms with Crippen molar-refractivity contribution in [3.8, 4) is 22.6 Å².